The van der Waals surface area contributed by atoms with Gasteiger partial charge in [-0.2, -0.15) is 0 Å². The van der Waals surface area contributed by atoms with Crippen molar-refractivity contribution in [2.75, 3.05) is 7.11 Å². The van der Waals surface area contributed by atoms with Crippen molar-refractivity contribution in [2.45, 2.75) is 50.3 Å². The summed E-state index contributed by atoms with van der Waals surface area (Å²) >= 11 is 12.4. The van der Waals surface area contributed by atoms with E-state index in [4.69, 9.17) is 23.2 Å². The first kappa shape index (κ1) is 19.1. The molecule has 1 aliphatic carbocycles. The van der Waals surface area contributed by atoms with Gasteiger partial charge < -0.3 is 4.74 Å². The Hall–Kier alpha value is -0.940. The van der Waals surface area contributed by atoms with Crippen LogP contribution in [0.25, 0.3) is 0 Å². The molecule has 124 valence electrons. The van der Waals surface area contributed by atoms with Crippen LogP contribution in [0.4, 0.5) is 0 Å². The van der Waals surface area contributed by atoms with E-state index in [0.717, 1.165) is 13.5 Å². The molecule has 22 heavy (non-hydrogen) atoms. The molecular formula is C15H20Cl2O5. The Morgan fingerprint density at radius 2 is 1.82 bits per heavy atom. The number of hydrogen-bond acceptors (Lipinski definition) is 5. The zero-order valence-corrected chi connectivity index (χ0v) is 14.6. The Balaban J connectivity index is 3.35. The lowest BCUT2D eigenvalue weighted by Gasteiger charge is -2.46. The molecule has 5 nitrogen and oxygen atoms in total. The second-order valence-electron chi connectivity index (χ2n) is 6.00. The fraction of sp³-hybridized carbons (Fsp3) is 0.733. The number of rotatable bonds is 5. The van der Waals surface area contributed by atoms with Crippen LogP contribution in [0.3, 0.4) is 0 Å². The predicted octanol–water partition coefficient (Wildman–Crippen LogP) is 2.30. The first-order valence-electron chi connectivity index (χ1n) is 7.09. The number of esters is 1. The van der Waals surface area contributed by atoms with E-state index in [0.29, 0.717) is 6.42 Å². The third kappa shape index (κ3) is 2.69. The molecule has 0 heterocycles. The number of unbranched alkanes of at least 4 members (excludes halogenated alkanes) is 1. The molecule has 0 bridgehead atoms. The van der Waals surface area contributed by atoms with Crippen LogP contribution in [-0.2, 0) is 23.9 Å². The minimum Gasteiger partial charge on any atom is -0.467 e. The van der Waals surface area contributed by atoms with Gasteiger partial charge in [0.1, 0.15) is 11.3 Å². The Bertz CT molecular complexity index is 514. The van der Waals surface area contributed by atoms with Crippen LogP contribution in [0.15, 0.2) is 0 Å². The monoisotopic (exact) mass is 350 g/mol. The number of Topliss-reactive ketones (excluding diaryl/α,β-unsaturated/α-hetero) is 3. The molecule has 0 saturated heterocycles. The van der Waals surface area contributed by atoms with Crippen LogP contribution in [-0.4, -0.2) is 40.7 Å². The molecule has 3 atom stereocenters. The molecule has 0 aromatic carbocycles. The van der Waals surface area contributed by atoms with Gasteiger partial charge in [-0.05, 0) is 6.42 Å². The van der Waals surface area contributed by atoms with Gasteiger partial charge in [-0.25, -0.2) is 4.79 Å². The number of alkyl halides is 2. The summed E-state index contributed by atoms with van der Waals surface area (Å²) < 4.78 is 4.62. The van der Waals surface area contributed by atoms with Crippen LogP contribution >= 0.6 is 23.2 Å². The smallest absolute Gasteiger partial charge is 0.335 e. The molecule has 0 aromatic heterocycles. The maximum Gasteiger partial charge on any atom is 0.335 e. The number of carbonyl (C=O) groups excluding carboxylic acids is 4. The third-order valence-corrected chi connectivity index (χ3v) is 5.81. The van der Waals surface area contributed by atoms with Crippen LogP contribution in [0.5, 0.6) is 0 Å². The molecule has 7 heteroatoms. The summed E-state index contributed by atoms with van der Waals surface area (Å²) in [5.41, 5.74) is -1.38. The van der Waals surface area contributed by atoms with E-state index >= 15 is 0 Å². The highest BCUT2D eigenvalue weighted by atomic mass is 35.5. The summed E-state index contributed by atoms with van der Waals surface area (Å²) in [6, 6.07) is 0. The van der Waals surface area contributed by atoms with Crippen molar-refractivity contribution in [3.8, 4) is 0 Å². The SMILES string of the molecule is CCCCC(=O)[C@H]1C(=O)[C@H](Cl)C(C)(C)[C@](Cl)(C(=O)OC)C1=O. The van der Waals surface area contributed by atoms with Gasteiger partial charge in [0.15, 0.2) is 17.3 Å². The van der Waals surface area contributed by atoms with E-state index in [1.54, 1.807) is 0 Å². The lowest BCUT2D eigenvalue weighted by molar-refractivity contribution is -0.158. The minimum absolute atomic E-state index is 0.0663. The number of ketones is 3. The number of ether oxygens (including phenoxy) is 1. The molecule has 0 spiro atoms. The predicted molar refractivity (Wildman–Crippen MR) is 82.1 cm³/mol. The largest absolute Gasteiger partial charge is 0.467 e. The first-order valence-corrected chi connectivity index (χ1v) is 7.90. The highest BCUT2D eigenvalue weighted by molar-refractivity contribution is 6.53. The van der Waals surface area contributed by atoms with Gasteiger partial charge in [-0.3, -0.25) is 14.4 Å². The summed E-state index contributed by atoms with van der Waals surface area (Å²) in [5, 5.41) is -1.24. The number of hydrogen-bond donors (Lipinski definition) is 0. The Morgan fingerprint density at radius 3 is 2.27 bits per heavy atom. The standard InChI is InChI=1S/C15H20Cl2O5/c1-5-6-7-8(18)9-10(19)11(16)14(2,3)15(17,12(9)20)13(21)22-4/h9,11H,5-7H2,1-4H3/t9-,11-,15+/m0/s1. The van der Waals surface area contributed by atoms with Gasteiger partial charge in [0.2, 0.25) is 4.87 Å². The Labute approximate surface area is 139 Å². The maximum absolute atomic E-state index is 12.7. The Kier molecular flexibility index (Phi) is 5.79. The summed E-state index contributed by atoms with van der Waals surface area (Å²) in [7, 11) is 1.09. The number of methoxy groups -OCH3 is 1. The van der Waals surface area contributed by atoms with Crippen molar-refractivity contribution in [3.05, 3.63) is 0 Å². The second-order valence-corrected chi connectivity index (χ2v) is 7.01. The van der Waals surface area contributed by atoms with Gasteiger partial charge in [-0.1, -0.05) is 38.8 Å². The first-order chi connectivity index (χ1) is 10.1. The van der Waals surface area contributed by atoms with Crippen molar-refractivity contribution in [1.82, 2.24) is 0 Å². The van der Waals surface area contributed by atoms with Crippen molar-refractivity contribution in [1.29, 1.82) is 0 Å². The van der Waals surface area contributed by atoms with Crippen LogP contribution in [0.2, 0.25) is 0 Å². The fourth-order valence-electron chi connectivity index (χ4n) is 2.63. The summed E-state index contributed by atoms with van der Waals surface area (Å²) in [6.07, 6.45) is 1.34. The summed E-state index contributed by atoms with van der Waals surface area (Å²) in [5.74, 6) is -4.78. The zero-order chi connectivity index (χ0) is 17.3. The van der Waals surface area contributed by atoms with Crippen LogP contribution < -0.4 is 0 Å². The normalized spacial score (nSPS) is 31.0. The fourth-order valence-corrected chi connectivity index (χ4v) is 3.27. The van der Waals surface area contributed by atoms with Crippen molar-refractivity contribution in [3.63, 3.8) is 0 Å². The molecule has 1 aliphatic rings. The van der Waals surface area contributed by atoms with E-state index in [2.05, 4.69) is 4.74 Å². The number of halogens is 2. The van der Waals surface area contributed by atoms with Crippen LogP contribution in [0, 0.1) is 11.3 Å². The van der Waals surface area contributed by atoms with Gasteiger partial charge in [-0.15, -0.1) is 11.6 Å². The average molecular weight is 351 g/mol. The topological polar surface area (TPSA) is 77.5 Å². The number of carbonyl (C=O) groups is 4. The van der Waals surface area contributed by atoms with Gasteiger partial charge in [0, 0.05) is 11.8 Å². The molecule has 0 amide bonds. The van der Waals surface area contributed by atoms with Crippen LogP contribution in [0.1, 0.15) is 40.0 Å². The molecule has 1 rings (SSSR count). The zero-order valence-electron chi connectivity index (χ0n) is 13.1. The van der Waals surface area contributed by atoms with E-state index in [9.17, 15) is 19.2 Å². The quantitative estimate of drug-likeness (QED) is 0.431. The minimum atomic E-state index is -2.16. The van der Waals surface area contributed by atoms with Gasteiger partial charge >= 0.3 is 5.97 Å². The second kappa shape index (κ2) is 6.67. The Morgan fingerprint density at radius 1 is 1.27 bits per heavy atom. The molecule has 0 N–H and O–H groups in total. The molecule has 0 radical (unpaired) electrons. The van der Waals surface area contributed by atoms with E-state index < -0.39 is 44.9 Å². The van der Waals surface area contributed by atoms with Crippen molar-refractivity contribution < 1.29 is 23.9 Å². The maximum atomic E-state index is 12.7. The lowest BCUT2D eigenvalue weighted by atomic mass is 9.62. The molecule has 0 aliphatic heterocycles. The third-order valence-electron chi connectivity index (χ3n) is 4.22. The van der Waals surface area contributed by atoms with Gasteiger partial charge in [0.25, 0.3) is 0 Å². The highest BCUT2D eigenvalue weighted by Crippen LogP contribution is 2.50. The molecule has 1 fully saturated rings. The molecule has 0 unspecified atom stereocenters. The lowest BCUT2D eigenvalue weighted by Crippen LogP contribution is -2.67. The molecular weight excluding hydrogens is 331 g/mol. The summed E-state index contributed by atoms with van der Waals surface area (Å²) in [4.78, 5) is 47.2. The molecule has 0 aromatic rings. The van der Waals surface area contributed by atoms with E-state index in [-0.39, 0.29) is 6.42 Å². The molecule has 1 saturated carbocycles. The average Bonchev–Trinajstić information content (AvgIpc) is 2.48. The van der Waals surface area contributed by atoms with Gasteiger partial charge in [0.05, 0.1) is 7.11 Å². The van der Waals surface area contributed by atoms with Crippen molar-refractivity contribution in [2.24, 2.45) is 11.3 Å². The highest BCUT2D eigenvalue weighted by Gasteiger charge is 2.68. The van der Waals surface area contributed by atoms with E-state index in [1.165, 1.54) is 13.8 Å². The van der Waals surface area contributed by atoms with Crippen molar-refractivity contribution >= 4 is 46.5 Å². The summed E-state index contributed by atoms with van der Waals surface area (Å²) in [6.45, 7) is 4.76. The van der Waals surface area contributed by atoms with E-state index in [1.807, 2.05) is 6.92 Å².